The summed E-state index contributed by atoms with van der Waals surface area (Å²) < 4.78 is 8.23. The average Bonchev–Trinajstić information content (AvgIpc) is 2.92. The number of rotatable bonds is 1. The molecule has 0 radical (unpaired) electrons. The fraction of sp³-hybridized carbons (Fsp3) is 0. The molecule has 0 amide bonds. The molecule has 0 fully saturated rings. The molecule has 0 aliphatic rings. The van der Waals surface area contributed by atoms with Gasteiger partial charge in [0, 0.05) is 10.8 Å². The summed E-state index contributed by atoms with van der Waals surface area (Å²) in [5.74, 6) is 0. The predicted octanol–water partition coefficient (Wildman–Crippen LogP) is 5.51. The van der Waals surface area contributed by atoms with Gasteiger partial charge in [-0.1, -0.05) is 36.4 Å². The van der Waals surface area contributed by atoms with E-state index < -0.39 is 0 Å². The van der Waals surface area contributed by atoms with Crippen LogP contribution in [0.25, 0.3) is 43.3 Å². The first-order valence-electron chi connectivity index (χ1n) is 7.03. The van der Waals surface area contributed by atoms with Crippen LogP contribution in [-0.2, 0) is 0 Å². The van der Waals surface area contributed by atoms with Crippen LogP contribution in [0, 0.1) is 0 Å². The van der Waals surface area contributed by atoms with Gasteiger partial charge in [-0.2, -0.15) is 0 Å². The van der Waals surface area contributed by atoms with Crippen LogP contribution < -0.4 is 0 Å². The van der Waals surface area contributed by atoms with Crippen LogP contribution >= 0.6 is 11.5 Å². The van der Waals surface area contributed by atoms with Gasteiger partial charge in [-0.25, -0.2) is 0 Å². The second-order valence-corrected chi connectivity index (χ2v) is 6.29. The zero-order valence-corrected chi connectivity index (χ0v) is 12.3. The molecule has 106 valence electrons. The fourth-order valence-corrected chi connectivity index (χ4v) is 3.70. The zero-order chi connectivity index (χ0) is 14.7. The van der Waals surface area contributed by atoms with E-state index in [1.807, 2.05) is 42.5 Å². The van der Waals surface area contributed by atoms with Crippen LogP contribution in [0.15, 0.2) is 65.1 Å². The van der Waals surface area contributed by atoms with Crippen LogP contribution in [-0.4, -0.2) is 9.33 Å². The number of para-hydroxylation sites is 1. The van der Waals surface area contributed by atoms with E-state index in [4.69, 9.17) is 4.42 Å². The number of aromatic nitrogens is 1. The Hall–Kier alpha value is -2.72. The molecule has 0 atom stereocenters. The number of benzene rings is 3. The highest BCUT2D eigenvalue weighted by atomic mass is 32.1. The lowest BCUT2D eigenvalue weighted by atomic mass is 9.99. The summed E-state index contributed by atoms with van der Waals surface area (Å²) in [6, 6.07) is 20.3. The van der Waals surface area contributed by atoms with E-state index in [2.05, 4.69) is 18.2 Å². The van der Waals surface area contributed by atoms with E-state index in [0.29, 0.717) is 0 Å². The first-order valence-corrected chi connectivity index (χ1v) is 7.80. The molecule has 3 aromatic carbocycles. The van der Waals surface area contributed by atoms with Crippen molar-refractivity contribution in [2.45, 2.75) is 0 Å². The quantitative estimate of drug-likeness (QED) is 0.415. The highest BCUT2D eigenvalue weighted by Gasteiger charge is 2.13. The molecule has 0 saturated heterocycles. The van der Waals surface area contributed by atoms with Gasteiger partial charge in [0.05, 0.1) is 4.70 Å². The molecule has 1 N–H and O–H groups in total. The van der Waals surface area contributed by atoms with Gasteiger partial charge in [-0.05, 0) is 46.9 Å². The van der Waals surface area contributed by atoms with Crippen LogP contribution in [0.2, 0.25) is 0 Å². The molecule has 22 heavy (non-hydrogen) atoms. The Morgan fingerprint density at radius 3 is 2.68 bits per heavy atom. The standard InChI is InChI=1S/C18H11NO2S/c20-19-14-10-11(8-9-17(14)22-19)12-5-3-7-16-18(12)13-4-1-2-6-15(13)21-16/h1-10,20H. The molecule has 0 unspecified atom stereocenters. The van der Waals surface area contributed by atoms with Crippen molar-refractivity contribution in [3.8, 4) is 11.1 Å². The SMILES string of the molecule is On1sc2ccc(-c3cccc4oc5ccccc5c34)cc21. The summed E-state index contributed by atoms with van der Waals surface area (Å²) in [4.78, 5) is 0. The number of hydrogen-bond acceptors (Lipinski definition) is 3. The van der Waals surface area contributed by atoms with Crippen LogP contribution in [0.4, 0.5) is 0 Å². The van der Waals surface area contributed by atoms with Crippen molar-refractivity contribution in [3.05, 3.63) is 60.7 Å². The lowest BCUT2D eigenvalue weighted by Crippen LogP contribution is -1.94. The van der Waals surface area contributed by atoms with Crippen molar-refractivity contribution in [3.63, 3.8) is 0 Å². The summed E-state index contributed by atoms with van der Waals surface area (Å²) in [7, 11) is 0. The Balaban J connectivity index is 1.88. The molecule has 0 bridgehead atoms. The summed E-state index contributed by atoms with van der Waals surface area (Å²) in [6.45, 7) is 0. The third-order valence-electron chi connectivity index (χ3n) is 4.06. The third-order valence-corrected chi connectivity index (χ3v) is 4.97. The smallest absolute Gasteiger partial charge is 0.136 e. The van der Waals surface area contributed by atoms with E-state index >= 15 is 0 Å². The third kappa shape index (κ3) is 1.50. The minimum absolute atomic E-state index is 0.854. The molecular weight excluding hydrogens is 294 g/mol. The predicted molar refractivity (Wildman–Crippen MR) is 89.7 cm³/mol. The van der Waals surface area contributed by atoms with Gasteiger partial charge in [0.15, 0.2) is 0 Å². The lowest BCUT2D eigenvalue weighted by molar-refractivity contribution is 0.228. The Kier molecular flexibility index (Phi) is 2.24. The first-order chi connectivity index (χ1) is 10.8. The minimum Gasteiger partial charge on any atom is -0.456 e. The molecule has 0 aliphatic heterocycles. The lowest BCUT2D eigenvalue weighted by Gasteiger charge is -2.10. The van der Waals surface area contributed by atoms with Crippen molar-refractivity contribution < 1.29 is 9.62 Å². The van der Waals surface area contributed by atoms with Gasteiger partial charge < -0.3 is 9.62 Å². The van der Waals surface area contributed by atoms with Gasteiger partial charge in [-0.3, -0.25) is 0 Å². The monoisotopic (exact) mass is 305 g/mol. The fourth-order valence-electron chi connectivity index (χ4n) is 3.03. The number of furan rings is 1. The van der Waals surface area contributed by atoms with Gasteiger partial charge >= 0.3 is 0 Å². The number of fused-ring (bicyclic) bond motifs is 4. The summed E-state index contributed by atoms with van der Waals surface area (Å²) >= 11 is 1.34. The molecule has 0 aliphatic carbocycles. The van der Waals surface area contributed by atoms with E-state index in [0.717, 1.165) is 43.3 Å². The molecule has 2 heterocycles. The molecular formula is C18H11NO2S. The molecule has 2 aromatic heterocycles. The van der Waals surface area contributed by atoms with Crippen molar-refractivity contribution in [2.75, 3.05) is 0 Å². The highest BCUT2D eigenvalue weighted by molar-refractivity contribution is 7.15. The second kappa shape index (κ2) is 4.15. The largest absolute Gasteiger partial charge is 0.456 e. The van der Waals surface area contributed by atoms with E-state index in [1.165, 1.54) is 15.7 Å². The Morgan fingerprint density at radius 2 is 1.77 bits per heavy atom. The van der Waals surface area contributed by atoms with Crippen molar-refractivity contribution in [1.82, 2.24) is 4.12 Å². The molecule has 5 aromatic rings. The topological polar surface area (TPSA) is 38.3 Å². The highest BCUT2D eigenvalue weighted by Crippen LogP contribution is 2.38. The van der Waals surface area contributed by atoms with Gasteiger partial charge in [0.2, 0.25) is 0 Å². The van der Waals surface area contributed by atoms with Gasteiger partial charge in [0.1, 0.15) is 16.7 Å². The van der Waals surface area contributed by atoms with E-state index in [-0.39, 0.29) is 0 Å². The Bertz CT molecular complexity index is 1150. The maximum atomic E-state index is 9.69. The van der Waals surface area contributed by atoms with Crippen molar-refractivity contribution >= 4 is 43.7 Å². The zero-order valence-electron chi connectivity index (χ0n) is 11.5. The van der Waals surface area contributed by atoms with Crippen molar-refractivity contribution in [1.29, 1.82) is 0 Å². The van der Waals surface area contributed by atoms with Crippen LogP contribution in [0.3, 0.4) is 0 Å². The minimum atomic E-state index is 0.854. The van der Waals surface area contributed by atoms with Crippen molar-refractivity contribution in [2.24, 2.45) is 0 Å². The Morgan fingerprint density at radius 1 is 0.909 bits per heavy atom. The summed E-state index contributed by atoms with van der Waals surface area (Å²) in [5, 5.41) is 11.9. The van der Waals surface area contributed by atoms with Crippen LogP contribution in [0.5, 0.6) is 0 Å². The molecule has 0 spiro atoms. The van der Waals surface area contributed by atoms with Gasteiger partial charge in [-0.15, -0.1) is 4.12 Å². The Labute approximate surface area is 129 Å². The second-order valence-electron chi connectivity index (χ2n) is 5.32. The van der Waals surface area contributed by atoms with E-state index in [9.17, 15) is 5.21 Å². The number of nitrogens with zero attached hydrogens (tertiary/aromatic N) is 1. The summed E-state index contributed by atoms with van der Waals surface area (Å²) in [6.07, 6.45) is 0. The van der Waals surface area contributed by atoms with Gasteiger partial charge in [0.25, 0.3) is 0 Å². The first kappa shape index (κ1) is 11.9. The van der Waals surface area contributed by atoms with E-state index in [1.54, 1.807) is 0 Å². The van der Waals surface area contributed by atoms with Crippen LogP contribution in [0.1, 0.15) is 0 Å². The molecule has 4 heteroatoms. The molecule has 0 saturated carbocycles. The average molecular weight is 305 g/mol. The maximum Gasteiger partial charge on any atom is 0.136 e. The summed E-state index contributed by atoms with van der Waals surface area (Å²) in [5.41, 5.74) is 4.84. The number of hydrogen-bond donors (Lipinski definition) is 1. The molecule has 3 nitrogen and oxygen atoms in total. The molecule has 5 rings (SSSR count). The maximum absolute atomic E-state index is 9.69. The normalized spacial score (nSPS) is 11.8.